The third kappa shape index (κ3) is 4.06. The summed E-state index contributed by atoms with van der Waals surface area (Å²) in [7, 11) is 3.92. The summed E-state index contributed by atoms with van der Waals surface area (Å²) >= 11 is 1.27. The highest BCUT2D eigenvalue weighted by molar-refractivity contribution is 8.15. The van der Waals surface area contributed by atoms with Gasteiger partial charge in [0, 0.05) is 17.9 Å². The number of thioether (sulfide) groups is 1. The van der Waals surface area contributed by atoms with E-state index in [0.29, 0.717) is 11.3 Å². The third-order valence-corrected chi connectivity index (χ3v) is 4.00. The van der Waals surface area contributed by atoms with E-state index in [4.69, 9.17) is 5.21 Å². The molecule has 0 aliphatic heterocycles. The average Bonchev–Trinajstić information content (AvgIpc) is 2.50. The highest BCUT2D eigenvalue weighted by atomic mass is 32.2. The lowest BCUT2D eigenvalue weighted by atomic mass is 10.0. The van der Waals surface area contributed by atoms with Crippen LogP contribution in [0.4, 0.5) is 0 Å². The molecule has 0 unspecified atom stereocenters. The zero-order valence-electron chi connectivity index (χ0n) is 12.1. The average molecular weight is 302 g/mol. The van der Waals surface area contributed by atoms with Gasteiger partial charge >= 0.3 is 0 Å². The number of carbonyl (C=O) groups is 1. The Balaban J connectivity index is 2.15. The Kier molecular flexibility index (Phi) is 5.36. The molecule has 0 fully saturated rings. The molecule has 2 aromatic rings. The Labute approximate surface area is 128 Å². The summed E-state index contributed by atoms with van der Waals surface area (Å²) in [4.78, 5) is 14.4. The van der Waals surface area contributed by atoms with E-state index in [9.17, 15) is 4.79 Å². The maximum Gasteiger partial charge on any atom is 0.221 e. The van der Waals surface area contributed by atoms with Gasteiger partial charge in [-0.25, -0.2) is 0 Å². The molecule has 0 radical (unpaired) electrons. The molecule has 110 valence electrons. The van der Waals surface area contributed by atoms with Crippen LogP contribution >= 0.6 is 11.8 Å². The second kappa shape index (κ2) is 7.24. The molecule has 2 aromatic carbocycles. The second-order valence-corrected chi connectivity index (χ2v) is 6.03. The van der Waals surface area contributed by atoms with E-state index in [1.807, 2.05) is 55.4 Å². The number of benzene rings is 2. The Morgan fingerprint density at radius 3 is 2.57 bits per heavy atom. The molecular weight excluding hydrogens is 284 g/mol. The number of fused-ring (bicyclic) bond motifs is 1. The summed E-state index contributed by atoms with van der Waals surface area (Å²) < 4.78 is 0. The van der Waals surface area contributed by atoms with Gasteiger partial charge in [-0.15, -0.1) is 0 Å². The minimum atomic E-state index is -0.244. The van der Waals surface area contributed by atoms with Gasteiger partial charge in [-0.05, 0) is 30.9 Å². The summed E-state index contributed by atoms with van der Waals surface area (Å²) in [5.74, 6) is 0.457. The largest absolute Gasteiger partial charge is 0.410 e. The van der Waals surface area contributed by atoms with Gasteiger partial charge in [0.05, 0.1) is 0 Å². The monoisotopic (exact) mass is 302 g/mol. The van der Waals surface area contributed by atoms with Crippen molar-refractivity contribution in [3.05, 3.63) is 48.0 Å². The summed E-state index contributed by atoms with van der Waals surface area (Å²) in [6.45, 7) is 0.814. The van der Waals surface area contributed by atoms with E-state index < -0.39 is 0 Å². The van der Waals surface area contributed by atoms with E-state index >= 15 is 0 Å². The predicted octanol–water partition coefficient (Wildman–Crippen LogP) is 3.11. The number of Topliss-reactive ketones (excluding diaryl/α,β-unsaturated/α-hetero) is 1. The molecule has 5 heteroatoms. The van der Waals surface area contributed by atoms with Gasteiger partial charge in [-0.1, -0.05) is 53.3 Å². The molecule has 0 heterocycles. The lowest BCUT2D eigenvalue weighted by Crippen LogP contribution is -2.18. The van der Waals surface area contributed by atoms with E-state index in [0.717, 1.165) is 17.3 Å². The van der Waals surface area contributed by atoms with Gasteiger partial charge in [0.15, 0.2) is 5.04 Å². The molecule has 0 saturated heterocycles. The molecule has 0 aliphatic rings. The van der Waals surface area contributed by atoms with Gasteiger partial charge in [-0.2, -0.15) is 0 Å². The van der Waals surface area contributed by atoms with Crippen LogP contribution in [0.15, 0.2) is 47.6 Å². The first-order valence-corrected chi connectivity index (χ1v) is 7.63. The van der Waals surface area contributed by atoms with Gasteiger partial charge < -0.3 is 10.1 Å². The fraction of sp³-hybridized carbons (Fsp3) is 0.250. The minimum absolute atomic E-state index is 0.132. The lowest BCUT2D eigenvalue weighted by molar-refractivity contribution is 0.106. The third-order valence-electron chi connectivity index (χ3n) is 3.07. The first kappa shape index (κ1) is 15.5. The number of oxime groups is 1. The zero-order valence-corrected chi connectivity index (χ0v) is 12.9. The van der Waals surface area contributed by atoms with Crippen molar-refractivity contribution in [2.75, 3.05) is 26.4 Å². The number of hydrogen-bond acceptors (Lipinski definition) is 5. The standard InChI is InChI=1S/C16H18N2O2S/c1-18(2)9-10-21-16(17-20)15(19)14-8-7-12-5-3-4-6-13(12)11-14/h3-8,11,20H,9-10H2,1-2H3/b17-16+. The SMILES string of the molecule is CN(C)CCS/C(=N/O)C(=O)c1ccc2ccccc2c1. The molecule has 0 atom stereocenters. The maximum atomic E-state index is 12.4. The van der Waals surface area contributed by atoms with Gasteiger partial charge in [0.2, 0.25) is 5.78 Å². The quantitative estimate of drug-likeness (QED) is 0.303. The fourth-order valence-corrected chi connectivity index (χ4v) is 2.88. The number of nitrogens with zero attached hydrogens (tertiary/aromatic N) is 2. The number of ketones is 1. The molecule has 21 heavy (non-hydrogen) atoms. The summed E-state index contributed by atoms with van der Waals surface area (Å²) in [5.41, 5.74) is 0.541. The van der Waals surface area contributed by atoms with Crippen molar-refractivity contribution >= 4 is 33.4 Å². The number of hydrogen-bond donors (Lipinski definition) is 1. The van der Waals surface area contributed by atoms with E-state index in [2.05, 4.69) is 5.16 Å². The van der Waals surface area contributed by atoms with Crippen molar-refractivity contribution in [1.82, 2.24) is 4.90 Å². The summed E-state index contributed by atoms with van der Waals surface area (Å²) in [6.07, 6.45) is 0. The number of carbonyl (C=O) groups excluding carboxylic acids is 1. The van der Waals surface area contributed by atoms with Crippen LogP contribution in [0.25, 0.3) is 10.8 Å². The molecule has 4 nitrogen and oxygen atoms in total. The highest BCUT2D eigenvalue weighted by Crippen LogP contribution is 2.18. The van der Waals surface area contributed by atoms with Crippen molar-refractivity contribution in [3.8, 4) is 0 Å². The van der Waals surface area contributed by atoms with Crippen LogP contribution in [0, 0.1) is 0 Å². The molecule has 2 rings (SSSR count). The van der Waals surface area contributed by atoms with Crippen molar-refractivity contribution < 1.29 is 10.0 Å². The Bertz CT molecular complexity index is 668. The van der Waals surface area contributed by atoms with E-state index in [1.54, 1.807) is 6.07 Å². The second-order valence-electron chi connectivity index (χ2n) is 4.95. The smallest absolute Gasteiger partial charge is 0.221 e. The van der Waals surface area contributed by atoms with Crippen LogP contribution in [0.2, 0.25) is 0 Å². The molecule has 1 N–H and O–H groups in total. The molecule has 0 aliphatic carbocycles. The van der Waals surface area contributed by atoms with Gasteiger partial charge in [-0.3, -0.25) is 4.79 Å². The van der Waals surface area contributed by atoms with Gasteiger partial charge in [0.1, 0.15) is 0 Å². The van der Waals surface area contributed by atoms with Gasteiger partial charge in [0.25, 0.3) is 0 Å². The molecule has 0 amide bonds. The van der Waals surface area contributed by atoms with E-state index in [-0.39, 0.29) is 10.8 Å². The Morgan fingerprint density at radius 2 is 1.90 bits per heavy atom. The first-order chi connectivity index (χ1) is 10.1. The highest BCUT2D eigenvalue weighted by Gasteiger charge is 2.16. The summed E-state index contributed by atoms with van der Waals surface area (Å²) in [6, 6.07) is 13.3. The van der Waals surface area contributed by atoms with Crippen LogP contribution in [0.3, 0.4) is 0 Å². The van der Waals surface area contributed by atoms with E-state index in [1.165, 1.54) is 11.8 Å². The lowest BCUT2D eigenvalue weighted by Gasteiger charge is -2.09. The number of rotatable bonds is 5. The Morgan fingerprint density at radius 1 is 1.19 bits per heavy atom. The molecule has 0 spiro atoms. The zero-order chi connectivity index (χ0) is 15.2. The van der Waals surface area contributed by atoms with Crippen molar-refractivity contribution in [2.24, 2.45) is 5.16 Å². The molecular formula is C16H18N2O2S. The molecule has 0 saturated carbocycles. The van der Waals surface area contributed by atoms with Crippen LogP contribution in [0.1, 0.15) is 10.4 Å². The van der Waals surface area contributed by atoms with Crippen LogP contribution in [0.5, 0.6) is 0 Å². The fourth-order valence-electron chi connectivity index (χ4n) is 1.92. The van der Waals surface area contributed by atoms with Crippen LogP contribution in [-0.4, -0.2) is 47.3 Å². The molecule has 0 bridgehead atoms. The first-order valence-electron chi connectivity index (χ1n) is 6.65. The van der Waals surface area contributed by atoms with Crippen molar-refractivity contribution in [3.63, 3.8) is 0 Å². The van der Waals surface area contributed by atoms with Crippen molar-refractivity contribution in [1.29, 1.82) is 0 Å². The molecule has 0 aromatic heterocycles. The maximum absolute atomic E-state index is 12.4. The van der Waals surface area contributed by atoms with Crippen LogP contribution < -0.4 is 0 Å². The summed E-state index contributed by atoms with van der Waals surface area (Å²) in [5, 5.41) is 14.4. The van der Waals surface area contributed by atoms with Crippen molar-refractivity contribution in [2.45, 2.75) is 0 Å². The minimum Gasteiger partial charge on any atom is -0.410 e. The Hall–Kier alpha value is -1.85. The van der Waals surface area contributed by atoms with Crippen LogP contribution in [-0.2, 0) is 0 Å². The topological polar surface area (TPSA) is 52.9 Å². The normalized spacial score (nSPS) is 12.0. The predicted molar refractivity (Wildman–Crippen MR) is 88.5 cm³/mol.